The Morgan fingerprint density at radius 2 is 1.67 bits per heavy atom. The van der Waals surface area contributed by atoms with Crippen LogP contribution in [0.1, 0.15) is 45.8 Å². The molecule has 1 amide bonds. The lowest BCUT2D eigenvalue weighted by molar-refractivity contribution is -0.143. The summed E-state index contributed by atoms with van der Waals surface area (Å²) in [5, 5.41) is 3.34. The third kappa shape index (κ3) is 5.85. The Morgan fingerprint density at radius 3 is 2.36 bits per heavy atom. The topological polar surface area (TPSA) is 104 Å². The number of aryl methyl sites for hydroxylation is 1. The van der Waals surface area contributed by atoms with Crippen LogP contribution in [-0.4, -0.2) is 42.6 Å². The normalized spacial score (nSPS) is 10.5. The zero-order chi connectivity index (χ0) is 23.8. The van der Waals surface area contributed by atoms with Crippen molar-refractivity contribution in [1.29, 1.82) is 0 Å². The number of rotatable bonds is 9. The predicted molar refractivity (Wildman–Crippen MR) is 122 cm³/mol. The molecule has 3 rings (SSSR count). The fourth-order valence-electron chi connectivity index (χ4n) is 3.34. The molecule has 0 fully saturated rings. The average Bonchev–Trinajstić information content (AvgIpc) is 2.82. The zero-order valence-corrected chi connectivity index (χ0v) is 18.8. The van der Waals surface area contributed by atoms with Crippen molar-refractivity contribution in [3.8, 4) is 5.75 Å². The van der Waals surface area contributed by atoms with Crippen LogP contribution in [0.25, 0.3) is 10.9 Å². The second kappa shape index (κ2) is 11.1. The van der Waals surface area contributed by atoms with Crippen LogP contribution in [0, 0.1) is 6.92 Å². The van der Waals surface area contributed by atoms with Crippen LogP contribution in [0.15, 0.2) is 48.5 Å². The summed E-state index contributed by atoms with van der Waals surface area (Å²) in [6.07, 6.45) is 0. The minimum atomic E-state index is -0.656. The Morgan fingerprint density at radius 1 is 0.939 bits per heavy atom. The Hall–Kier alpha value is -3.94. The van der Waals surface area contributed by atoms with Gasteiger partial charge in [-0.2, -0.15) is 0 Å². The van der Waals surface area contributed by atoms with Crippen LogP contribution in [0.2, 0.25) is 0 Å². The minimum absolute atomic E-state index is 0.210. The third-order valence-corrected chi connectivity index (χ3v) is 4.90. The van der Waals surface area contributed by atoms with Gasteiger partial charge in [-0.15, -0.1) is 0 Å². The number of carbonyl (C=O) groups is 3. The van der Waals surface area contributed by atoms with Gasteiger partial charge in [-0.3, -0.25) is 9.59 Å². The van der Waals surface area contributed by atoms with Crippen LogP contribution < -0.4 is 10.1 Å². The van der Waals surface area contributed by atoms with Crippen molar-refractivity contribution in [3.63, 3.8) is 0 Å². The number of hydrogen-bond acceptors (Lipinski definition) is 7. The van der Waals surface area contributed by atoms with Gasteiger partial charge in [0.1, 0.15) is 18.9 Å². The summed E-state index contributed by atoms with van der Waals surface area (Å²) in [4.78, 5) is 41.6. The molecule has 1 N–H and O–H groups in total. The van der Waals surface area contributed by atoms with E-state index in [1.54, 1.807) is 38.1 Å². The van der Waals surface area contributed by atoms with E-state index >= 15 is 0 Å². The molecule has 2 aromatic carbocycles. The fourth-order valence-corrected chi connectivity index (χ4v) is 3.34. The molecule has 172 valence electrons. The molecule has 8 nitrogen and oxygen atoms in total. The number of nitrogens with zero attached hydrogens (tertiary/aromatic N) is 1. The Bertz CT molecular complexity index is 1160. The first kappa shape index (κ1) is 23.7. The lowest BCUT2D eigenvalue weighted by Gasteiger charge is -2.14. The number of nitrogens with one attached hydrogen (secondary N) is 1. The number of carbonyl (C=O) groups excluding carboxylic acids is 3. The van der Waals surface area contributed by atoms with Crippen molar-refractivity contribution in [2.75, 3.05) is 19.8 Å². The lowest BCUT2D eigenvalue weighted by atomic mass is 10.0. The third-order valence-electron chi connectivity index (χ3n) is 4.90. The Kier molecular flexibility index (Phi) is 7.96. The molecular weight excluding hydrogens is 424 g/mol. The lowest BCUT2D eigenvalue weighted by Crippen LogP contribution is -2.30. The number of amides is 1. The van der Waals surface area contributed by atoms with Gasteiger partial charge in [0.25, 0.3) is 5.91 Å². The number of para-hydroxylation sites is 1. The van der Waals surface area contributed by atoms with Gasteiger partial charge in [-0.05, 0) is 56.7 Å². The van der Waals surface area contributed by atoms with E-state index in [1.165, 1.54) is 0 Å². The summed E-state index contributed by atoms with van der Waals surface area (Å²) in [7, 11) is 0. The van der Waals surface area contributed by atoms with Gasteiger partial charge in [0.15, 0.2) is 0 Å². The number of fused-ring (bicyclic) bond motifs is 1. The van der Waals surface area contributed by atoms with Crippen LogP contribution in [0.4, 0.5) is 0 Å². The van der Waals surface area contributed by atoms with Crippen molar-refractivity contribution in [2.45, 2.75) is 27.4 Å². The summed E-state index contributed by atoms with van der Waals surface area (Å²) in [5.41, 5.74) is 2.35. The number of pyridine rings is 1. The number of ether oxygens (including phenoxy) is 3. The average molecular weight is 450 g/mol. The number of benzene rings is 2. The van der Waals surface area contributed by atoms with Gasteiger partial charge in [0, 0.05) is 10.9 Å². The second-order valence-corrected chi connectivity index (χ2v) is 7.10. The molecule has 0 bridgehead atoms. The molecule has 0 unspecified atom stereocenters. The maximum absolute atomic E-state index is 12.5. The predicted octanol–water partition coefficient (Wildman–Crippen LogP) is 3.59. The van der Waals surface area contributed by atoms with Gasteiger partial charge in [-0.1, -0.05) is 18.2 Å². The van der Waals surface area contributed by atoms with Gasteiger partial charge >= 0.3 is 11.9 Å². The van der Waals surface area contributed by atoms with Crippen LogP contribution >= 0.6 is 0 Å². The van der Waals surface area contributed by atoms with E-state index in [2.05, 4.69) is 10.3 Å². The molecular formula is C25H26N2O6. The summed E-state index contributed by atoms with van der Waals surface area (Å²) in [6.45, 7) is 5.58. The SMILES string of the molecule is CCOC(=O)c1c(COC(=O)CNC(=O)c2ccc(OCC)cc2)nc2ccccc2c1C. The van der Waals surface area contributed by atoms with E-state index < -0.39 is 17.8 Å². The number of hydrogen-bond donors (Lipinski definition) is 1. The minimum Gasteiger partial charge on any atom is -0.494 e. The van der Waals surface area contributed by atoms with Gasteiger partial charge in [0.05, 0.1) is 30.0 Å². The molecule has 1 aromatic heterocycles. The van der Waals surface area contributed by atoms with Gasteiger partial charge in [-0.25, -0.2) is 9.78 Å². The van der Waals surface area contributed by atoms with E-state index in [9.17, 15) is 14.4 Å². The highest BCUT2D eigenvalue weighted by molar-refractivity contribution is 5.98. The Labute approximate surface area is 191 Å². The van der Waals surface area contributed by atoms with E-state index in [4.69, 9.17) is 14.2 Å². The first-order chi connectivity index (χ1) is 15.9. The summed E-state index contributed by atoms with van der Waals surface area (Å²) >= 11 is 0. The van der Waals surface area contributed by atoms with E-state index in [0.717, 1.165) is 5.39 Å². The van der Waals surface area contributed by atoms with Crippen molar-refractivity contribution < 1.29 is 28.6 Å². The highest BCUT2D eigenvalue weighted by atomic mass is 16.5. The van der Waals surface area contributed by atoms with Crippen molar-refractivity contribution in [3.05, 3.63) is 70.9 Å². The molecule has 0 aliphatic carbocycles. The van der Waals surface area contributed by atoms with E-state index in [0.29, 0.717) is 34.7 Å². The second-order valence-electron chi connectivity index (χ2n) is 7.10. The van der Waals surface area contributed by atoms with E-state index in [-0.39, 0.29) is 25.3 Å². The zero-order valence-electron chi connectivity index (χ0n) is 18.8. The van der Waals surface area contributed by atoms with Crippen LogP contribution in [-0.2, 0) is 20.9 Å². The highest BCUT2D eigenvalue weighted by Gasteiger charge is 2.21. The smallest absolute Gasteiger partial charge is 0.340 e. The molecule has 0 aliphatic heterocycles. The van der Waals surface area contributed by atoms with Crippen LogP contribution in [0.3, 0.4) is 0 Å². The van der Waals surface area contributed by atoms with Crippen molar-refractivity contribution in [2.24, 2.45) is 0 Å². The quantitative estimate of drug-likeness (QED) is 0.497. The van der Waals surface area contributed by atoms with Gasteiger partial charge < -0.3 is 19.5 Å². The molecule has 0 atom stereocenters. The molecule has 0 aliphatic rings. The Balaban J connectivity index is 1.66. The summed E-state index contributed by atoms with van der Waals surface area (Å²) < 4.78 is 15.8. The number of esters is 2. The largest absolute Gasteiger partial charge is 0.494 e. The first-order valence-electron chi connectivity index (χ1n) is 10.7. The molecule has 0 radical (unpaired) electrons. The standard InChI is InChI=1S/C25H26N2O6/c1-4-31-18-12-10-17(11-13-18)24(29)26-14-22(28)33-15-21-23(25(30)32-5-2)16(3)19-8-6-7-9-20(19)27-21/h6-13H,4-5,14-15H2,1-3H3,(H,26,29). The monoisotopic (exact) mass is 450 g/mol. The summed E-state index contributed by atoms with van der Waals surface area (Å²) in [6, 6.07) is 14.0. The molecule has 8 heteroatoms. The van der Waals surface area contributed by atoms with Crippen LogP contribution in [0.5, 0.6) is 5.75 Å². The first-order valence-corrected chi connectivity index (χ1v) is 10.7. The van der Waals surface area contributed by atoms with Gasteiger partial charge in [0.2, 0.25) is 0 Å². The molecule has 0 saturated heterocycles. The molecule has 33 heavy (non-hydrogen) atoms. The molecule has 3 aromatic rings. The highest BCUT2D eigenvalue weighted by Crippen LogP contribution is 2.24. The molecule has 1 heterocycles. The molecule has 0 saturated carbocycles. The van der Waals surface area contributed by atoms with Crippen molar-refractivity contribution >= 4 is 28.7 Å². The maximum Gasteiger partial charge on any atom is 0.340 e. The maximum atomic E-state index is 12.5. The van der Waals surface area contributed by atoms with E-state index in [1.807, 2.05) is 31.2 Å². The van der Waals surface area contributed by atoms with Crippen molar-refractivity contribution in [1.82, 2.24) is 10.3 Å². The molecule has 0 spiro atoms. The summed E-state index contributed by atoms with van der Waals surface area (Å²) in [5.74, 6) is -0.939. The number of aromatic nitrogens is 1. The fraction of sp³-hybridized carbons (Fsp3) is 0.280.